The lowest BCUT2D eigenvalue weighted by Crippen LogP contribution is -2.38. The van der Waals surface area contributed by atoms with Gasteiger partial charge in [0.2, 0.25) is 0 Å². The van der Waals surface area contributed by atoms with E-state index in [1.54, 1.807) is 18.2 Å². The standard InChI is InChI=1S/C20H23ClN2O4/c1-2-12-27-20(26)14-10-6-7-11-15(14)23-18(24)16(21)17(19(23)25)22-13-8-4-3-5-9-13/h6-7,10-11,13,22H,2-5,8-9,12H2,1H3. The van der Waals surface area contributed by atoms with Crippen LogP contribution in [0.15, 0.2) is 35.0 Å². The van der Waals surface area contributed by atoms with Gasteiger partial charge in [-0.05, 0) is 31.4 Å². The maximum absolute atomic E-state index is 12.9. The maximum Gasteiger partial charge on any atom is 0.340 e. The Morgan fingerprint density at radius 3 is 2.59 bits per heavy atom. The summed E-state index contributed by atoms with van der Waals surface area (Å²) < 4.78 is 5.17. The van der Waals surface area contributed by atoms with Gasteiger partial charge in [-0.2, -0.15) is 0 Å². The fourth-order valence-electron chi connectivity index (χ4n) is 3.41. The molecule has 0 unspecified atom stereocenters. The van der Waals surface area contributed by atoms with Crippen LogP contribution in [0.2, 0.25) is 0 Å². The number of carbonyl (C=O) groups is 3. The smallest absolute Gasteiger partial charge is 0.340 e. The summed E-state index contributed by atoms with van der Waals surface area (Å²) in [6, 6.07) is 6.53. The monoisotopic (exact) mass is 390 g/mol. The van der Waals surface area contributed by atoms with E-state index in [4.69, 9.17) is 16.3 Å². The first-order valence-electron chi connectivity index (χ1n) is 9.35. The second kappa shape index (κ2) is 8.57. The quantitative estimate of drug-likeness (QED) is 0.594. The molecular formula is C20H23ClN2O4. The molecule has 0 saturated heterocycles. The number of anilines is 1. The molecule has 1 aliphatic heterocycles. The lowest BCUT2D eigenvalue weighted by Gasteiger charge is -2.24. The van der Waals surface area contributed by atoms with Crippen molar-refractivity contribution < 1.29 is 19.1 Å². The van der Waals surface area contributed by atoms with E-state index in [2.05, 4.69) is 5.32 Å². The fourth-order valence-corrected chi connectivity index (χ4v) is 3.63. The minimum Gasteiger partial charge on any atom is -0.462 e. The summed E-state index contributed by atoms with van der Waals surface area (Å²) in [5.41, 5.74) is 0.466. The topological polar surface area (TPSA) is 75.7 Å². The number of hydrogen-bond donors (Lipinski definition) is 1. The highest BCUT2D eigenvalue weighted by molar-refractivity contribution is 6.52. The molecule has 3 rings (SSSR count). The average Bonchev–Trinajstić information content (AvgIpc) is 2.90. The molecule has 1 aromatic carbocycles. The Morgan fingerprint density at radius 1 is 1.19 bits per heavy atom. The predicted molar refractivity (Wildman–Crippen MR) is 102 cm³/mol. The highest BCUT2D eigenvalue weighted by Crippen LogP contribution is 2.32. The van der Waals surface area contributed by atoms with Crippen LogP contribution >= 0.6 is 11.6 Å². The maximum atomic E-state index is 12.9. The highest BCUT2D eigenvalue weighted by atomic mass is 35.5. The first kappa shape index (κ1) is 19.4. The van der Waals surface area contributed by atoms with Crippen molar-refractivity contribution in [3.05, 3.63) is 40.6 Å². The van der Waals surface area contributed by atoms with Gasteiger partial charge in [0.1, 0.15) is 10.7 Å². The van der Waals surface area contributed by atoms with Crippen LogP contribution < -0.4 is 10.2 Å². The van der Waals surface area contributed by atoms with Crippen LogP contribution in [0, 0.1) is 0 Å². The predicted octanol–water partition coefficient (Wildman–Crippen LogP) is 3.50. The zero-order valence-electron chi connectivity index (χ0n) is 15.3. The van der Waals surface area contributed by atoms with E-state index in [-0.39, 0.29) is 34.6 Å². The van der Waals surface area contributed by atoms with Gasteiger partial charge in [0.05, 0.1) is 17.9 Å². The molecule has 1 saturated carbocycles. The van der Waals surface area contributed by atoms with Crippen LogP contribution in [0.25, 0.3) is 0 Å². The summed E-state index contributed by atoms with van der Waals surface area (Å²) in [5.74, 6) is -1.74. The molecule has 0 radical (unpaired) electrons. The van der Waals surface area contributed by atoms with Gasteiger partial charge in [-0.25, -0.2) is 9.69 Å². The molecule has 0 aromatic heterocycles. The minimum absolute atomic E-state index is 0.116. The molecule has 1 N–H and O–H groups in total. The number of benzene rings is 1. The van der Waals surface area contributed by atoms with Crippen molar-refractivity contribution in [3.63, 3.8) is 0 Å². The van der Waals surface area contributed by atoms with E-state index >= 15 is 0 Å². The van der Waals surface area contributed by atoms with Gasteiger partial charge < -0.3 is 10.1 Å². The molecule has 144 valence electrons. The van der Waals surface area contributed by atoms with Crippen LogP contribution in [-0.4, -0.2) is 30.4 Å². The molecular weight excluding hydrogens is 368 g/mol. The zero-order chi connectivity index (χ0) is 19.4. The molecule has 1 aromatic rings. The minimum atomic E-state index is -0.629. The van der Waals surface area contributed by atoms with Crippen LogP contribution in [0.3, 0.4) is 0 Å². The number of imide groups is 1. The summed E-state index contributed by atoms with van der Waals surface area (Å²) in [7, 11) is 0. The van der Waals surface area contributed by atoms with E-state index < -0.39 is 17.8 Å². The molecule has 1 heterocycles. The van der Waals surface area contributed by atoms with Crippen molar-refractivity contribution >= 4 is 35.1 Å². The first-order chi connectivity index (χ1) is 13.0. The molecule has 0 spiro atoms. The number of hydrogen-bond acceptors (Lipinski definition) is 5. The molecule has 2 aliphatic rings. The van der Waals surface area contributed by atoms with Crippen LogP contribution in [0.4, 0.5) is 5.69 Å². The van der Waals surface area contributed by atoms with Crippen LogP contribution in [0.1, 0.15) is 55.8 Å². The van der Waals surface area contributed by atoms with Crippen LogP contribution in [0.5, 0.6) is 0 Å². The van der Waals surface area contributed by atoms with E-state index in [1.807, 2.05) is 6.92 Å². The third-order valence-electron chi connectivity index (χ3n) is 4.78. The number of nitrogens with one attached hydrogen (secondary N) is 1. The SMILES string of the molecule is CCCOC(=O)c1ccccc1N1C(=O)C(Cl)=C(NC2CCCCC2)C1=O. The molecule has 1 aliphatic carbocycles. The molecule has 0 bridgehead atoms. The lowest BCUT2D eigenvalue weighted by molar-refractivity contribution is -0.120. The Balaban J connectivity index is 1.85. The Morgan fingerprint density at radius 2 is 1.89 bits per heavy atom. The van der Waals surface area contributed by atoms with E-state index in [9.17, 15) is 14.4 Å². The van der Waals surface area contributed by atoms with Gasteiger partial charge >= 0.3 is 5.97 Å². The summed E-state index contributed by atoms with van der Waals surface area (Å²) in [5, 5.41) is 3.01. The number of rotatable bonds is 6. The molecule has 1 fully saturated rings. The van der Waals surface area contributed by atoms with E-state index in [0.717, 1.165) is 30.6 Å². The normalized spacial score (nSPS) is 18.2. The molecule has 6 nitrogen and oxygen atoms in total. The van der Waals surface area contributed by atoms with Crippen LogP contribution in [-0.2, 0) is 14.3 Å². The van der Waals surface area contributed by atoms with Gasteiger partial charge in [-0.15, -0.1) is 0 Å². The highest BCUT2D eigenvalue weighted by Gasteiger charge is 2.41. The van der Waals surface area contributed by atoms with Crippen molar-refractivity contribution in [1.29, 1.82) is 0 Å². The number of nitrogens with zero attached hydrogens (tertiary/aromatic N) is 1. The van der Waals surface area contributed by atoms with Crippen molar-refractivity contribution in [2.24, 2.45) is 0 Å². The third kappa shape index (κ3) is 4.00. The Kier molecular flexibility index (Phi) is 6.16. The van der Waals surface area contributed by atoms with Gasteiger partial charge in [-0.1, -0.05) is 49.9 Å². The molecule has 0 atom stereocenters. The summed E-state index contributed by atoms with van der Waals surface area (Å²) in [6.45, 7) is 2.15. The number of para-hydroxylation sites is 1. The van der Waals surface area contributed by atoms with E-state index in [0.29, 0.717) is 6.42 Å². The van der Waals surface area contributed by atoms with Crippen molar-refractivity contribution in [3.8, 4) is 0 Å². The van der Waals surface area contributed by atoms with Crippen molar-refractivity contribution in [2.45, 2.75) is 51.5 Å². The second-order valence-electron chi connectivity index (χ2n) is 6.77. The number of carbonyl (C=O) groups excluding carboxylic acids is 3. The molecule has 2 amide bonds. The average molecular weight is 391 g/mol. The van der Waals surface area contributed by atoms with Gasteiger partial charge in [-0.3, -0.25) is 9.59 Å². The fraction of sp³-hybridized carbons (Fsp3) is 0.450. The van der Waals surface area contributed by atoms with Gasteiger partial charge in [0.25, 0.3) is 11.8 Å². The van der Waals surface area contributed by atoms with E-state index in [1.165, 1.54) is 12.5 Å². The van der Waals surface area contributed by atoms with Gasteiger partial charge in [0.15, 0.2) is 0 Å². The Labute approximate surface area is 163 Å². The largest absolute Gasteiger partial charge is 0.462 e. The van der Waals surface area contributed by atoms with Gasteiger partial charge in [0, 0.05) is 6.04 Å². The molecule has 7 heteroatoms. The Bertz CT molecular complexity index is 784. The second-order valence-corrected chi connectivity index (χ2v) is 7.15. The first-order valence-corrected chi connectivity index (χ1v) is 9.73. The summed E-state index contributed by atoms with van der Waals surface area (Å²) in [6.07, 6.45) is 5.90. The lowest BCUT2D eigenvalue weighted by atomic mass is 9.95. The van der Waals surface area contributed by atoms with Crippen molar-refractivity contribution in [2.75, 3.05) is 11.5 Å². The Hall–Kier alpha value is -2.34. The number of ether oxygens (including phenoxy) is 1. The summed E-state index contributed by atoms with van der Waals surface area (Å²) in [4.78, 5) is 38.9. The number of esters is 1. The van der Waals surface area contributed by atoms with Crippen molar-refractivity contribution in [1.82, 2.24) is 5.32 Å². The molecule has 27 heavy (non-hydrogen) atoms. The number of halogens is 1. The number of amides is 2. The summed E-state index contributed by atoms with van der Waals surface area (Å²) >= 11 is 6.19. The zero-order valence-corrected chi connectivity index (χ0v) is 16.1. The third-order valence-corrected chi connectivity index (χ3v) is 5.13.